The molecule has 1 amide bonds. The van der Waals surface area contributed by atoms with Gasteiger partial charge in [0, 0.05) is 22.6 Å². The maximum Gasteiger partial charge on any atom is 0.273 e. The lowest BCUT2D eigenvalue weighted by Crippen LogP contribution is -2.33. The van der Waals surface area contributed by atoms with Crippen LogP contribution in [0.1, 0.15) is 32.9 Å². The van der Waals surface area contributed by atoms with Gasteiger partial charge in [-0.2, -0.15) is 5.10 Å². The molecule has 0 radical (unpaired) electrons. The Labute approximate surface area is 261 Å². The summed E-state index contributed by atoms with van der Waals surface area (Å²) in [6, 6.07) is 31.3. The Morgan fingerprint density at radius 1 is 0.860 bits per heavy atom. The molecular weight excluding hydrogens is 603 g/mol. The number of sulfonamides is 1. The third-order valence-corrected chi connectivity index (χ3v) is 9.43. The van der Waals surface area contributed by atoms with Crippen LogP contribution in [0, 0.1) is 13.8 Å². The monoisotopic (exact) mass is 630 g/mol. The van der Waals surface area contributed by atoms with E-state index in [1.807, 2.05) is 60.9 Å². The average Bonchev–Trinajstić information content (AvgIpc) is 3.30. The largest absolute Gasteiger partial charge is 0.318 e. The summed E-state index contributed by atoms with van der Waals surface area (Å²) in [7, 11) is -4.02. The van der Waals surface area contributed by atoms with Gasteiger partial charge < -0.3 is 4.57 Å². The maximum atomic E-state index is 13.9. The lowest BCUT2D eigenvalue weighted by atomic mass is 10.1. The summed E-state index contributed by atoms with van der Waals surface area (Å²) >= 11 is 12.3. The number of anilines is 1. The molecule has 0 aliphatic carbocycles. The first kappa shape index (κ1) is 30.1. The van der Waals surface area contributed by atoms with Crippen molar-refractivity contribution in [2.24, 2.45) is 5.10 Å². The first-order valence-corrected chi connectivity index (χ1v) is 15.5. The van der Waals surface area contributed by atoms with Crippen LogP contribution in [0.5, 0.6) is 0 Å². The summed E-state index contributed by atoms with van der Waals surface area (Å²) in [5.41, 5.74) is 7.20. The molecule has 10 heteroatoms. The fourth-order valence-electron chi connectivity index (χ4n) is 4.81. The molecule has 0 bridgehead atoms. The average molecular weight is 632 g/mol. The van der Waals surface area contributed by atoms with E-state index in [9.17, 15) is 13.2 Å². The number of benzene rings is 4. The van der Waals surface area contributed by atoms with Crippen molar-refractivity contribution in [1.82, 2.24) is 9.99 Å². The Bertz CT molecular complexity index is 1910. The van der Waals surface area contributed by atoms with Crippen molar-refractivity contribution in [3.05, 3.63) is 147 Å². The molecule has 0 aliphatic rings. The van der Waals surface area contributed by atoms with Crippen molar-refractivity contribution in [2.75, 3.05) is 4.31 Å². The fraction of sp³-hybridized carbons (Fsp3) is 0.0909. The topological polar surface area (TPSA) is 83.8 Å². The summed E-state index contributed by atoms with van der Waals surface area (Å²) in [6.07, 6.45) is 1.55. The number of carbonyl (C=O) groups is 1. The Hall–Kier alpha value is -4.37. The number of carbonyl (C=O) groups excluding carboxylic acids is 1. The SMILES string of the molecule is Cc1cc(/C=N/NC(=O)c2ccccc2N(Cc2ccccc2)S(=O)(=O)c2ccccc2)c(C)n1-c1ccc(Cl)c(Cl)c1. The van der Waals surface area contributed by atoms with E-state index in [0.717, 1.165) is 28.2 Å². The number of para-hydroxylation sites is 1. The Morgan fingerprint density at radius 2 is 1.51 bits per heavy atom. The predicted molar refractivity (Wildman–Crippen MR) is 173 cm³/mol. The molecule has 5 aromatic rings. The first-order chi connectivity index (χ1) is 20.7. The first-order valence-electron chi connectivity index (χ1n) is 13.4. The highest BCUT2D eigenvalue weighted by Crippen LogP contribution is 2.30. The number of hydrogen-bond acceptors (Lipinski definition) is 4. The minimum Gasteiger partial charge on any atom is -0.318 e. The van der Waals surface area contributed by atoms with E-state index in [1.165, 1.54) is 16.4 Å². The van der Waals surface area contributed by atoms with Crippen molar-refractivity contribution in [2.45, 2.75) is 25.3 Å². The van der Waals surface area contributed by atoms with Crippen LogP contribution < -0.4 is 9.73 Å². The summed E-state index contributed by atoms with van der Waals surface area (Å²) in [6.45, 7) is 3.92. The minimum atomic E-state index is -4.02. The molecule has 0 fully saturated rings. The van der Waals surface area contributed by atoms with Gasteiger partial charge in [0.05, 0.1) is 39.0 Å². The van der Waals surface area contributed by atoms with E-state index in [-0.39, 0.29) is 22.7 Å². The number of hydrogen-bond donors (Lipinski definition) is 1. The van der Waals surface area contributed by atoms with Gasteiger partial charge in [0.15, 0.2) is 0 Å². The number of halogens is 2. The molecule has 218 valence electrons. The number of aryl methyl sites for hydroxylation is 1. The van der Waals surface area contributed by atoms with E-state index in [4.69, 9.17) is 23.2 Å². The second-order valence-corrected chi connectivity index (χ2v) is 12.5. The fourth-order valence-corrected chi connectivity index (χ4v) is 6.60. The predicted octanol–water partition coefficient (Wildman–Crippen LogP) is 7.56. The van der Waals surface area contributed by atoms with Crippen molar-refractivity contribution < 1.29 is 13.2 Å². The van der Waals surface area contributed by atoms with E-state index < -0.39 is 15.9 Å². The van der Waals surface area contributed by atoms with Gasteiger partial charge in [0.2, 0.25) is 0 Å². The molecule has 1 heterocycles. The number of nitrogens with zero attached hydrogens (tertiary/aromatic N) is 3. The highest BCUT2D eigenvalue weighted by Gasteiger charge is 2.28. The molecule has 1 N–H and O–H groups in total. The van der Waals surface area contributed by atoms with Crippen LogP contribution in [0.3, 0.4) is 0 Å². The van der Waals surface area contributed by atoms with Gasteiger partial charge in [0.25, 0.3) is 15.9 Å². The van der Waals surface area contributed by atoms with E-state index >= 15 is 0 Å². The molecule has 0 spiro atoms. The van der Waals surface area contributed by atoms with Gasteiger partial charge in [-0.15, -0.1) is 0 Å². The standard InChI is InChI=1S/C33H28Cl2N4O3S/c1-23-19-26(24(2)39(23)27-17-18-30(34)31(35)20-27)21-36-37-33(40)29-15-9-10-16-32(29)38(22-25-11-5-3-6-12-25)43(41,42)28-13-7-4-8-14-28/h3-21H,22H2,1-2H3,(H,37,40)/b36-21+. The molecule has 0 atom stereocenters. The molecule has 1 aromatic heterocycles. The minimum absolute atomic E-state index is 0.0341. The molecule has 0 saturated carbocycles. The second-order valence-electron chi connectivity index (χ2n) is 9.79. The molecule has 43 heavy (non-hydrogen) atoms. The number of rotatable bonds is 9. The number of nitrogens with one attached hydrogen (secondary N) is 1. The summed E-state index contributed by atoms with van der Waals surface area (Å²) in [5, 5.41) is 5.13. The number of amides is 1. The van der Waals surface area contributed by atoms with Gasteiger partial charge in [-0.1, -0.05) is 83.9 Å². The van der Waals surface area contributed by atoms with Gasteiger partial charge in [-0.05, 0) is 67.9 Å². The Morgan fingerprint density at radius 3 is 2.21 bits per heavy atom. The van der Waals surface area contributed by atoms with Gasteiger partial charge in [-0.3, -0.25) is 9.10 Å². The molecule has 0 unspecified atom stereocenters. The van der Waals surface area contributed by atoms with Crippen molar-refractivity contribution in [1.29, 1.82) is 0 Å². The third-order valence-electron chi connectivity index (χ3n) is 6.92. The normalized spacial score (nSPS) is 11.5. The molecular formula is C33H28Cl2N4O3S. The van der Waals surface area contributed by atoms with Crippen LogP contribution >= 0.6 is 23.2 Å². The van der Waals surface area contributed by atoms with Crippen LogP contribution in [0.2, 0.25) is 10.0 Å². The molecule has 0 saturated heterocycles. The molecule has 7 nitrogen and oxygen atoms in total. The van der Waals surface area contributed by atoms with Gasteiger partial charge >= 0.3 is 0 Å². The molecule has 5 rings (SSSR count). The van der Waals surface area contributed by atoms with Crippen LogP contribution in [-0.2, 0) is 16.6 Å². The van der Waals surface area contributed by atoms with E-state index in [0.29, 0.717) is 10.0 Å². The zero-order chi connectivity index (χ0) is 30.6. The maximum absolute atomic E-state index is 13.9. The van der Waals surface area contributed by atoms with E-state index in [1.54, 1.807) is 60.8 Å². The smallest absolute Gasteiger partial charge is 0.273 e. The van der Waals surface area contributed by atoms with Gasteiger partial charge in [0.1, 0.15) is 0 Å². The lowest BCUT2D eigenvalue weighted by molar-refractivity contribution is 0.0955. The van der Waals surface area contributed by atoms with Crippen LogP contribution in [0.15, 0.2) is 119 Å². The summed E-state index contributed by atoms with van der Waals surface area (Å²) in [4.78, 5) is 13.6. The zero-order valence-corrected chi connectivity index (χ0v) is 25.7. The quantitative estimate of drug-likeness (QED) is 0.135. The lowest BCUT2D eigenvalue weighted by Gasteiger charge is -2.26. The molecule has 4 aromatic carbocycles. The van der Waals surface area contributed by atoms with Crippen molar-refractivity contribution in [3.63, 3.8) is 0 Å². The highest BCUT2D eigenvalue weighted by atomic mass is 35.5. The summed E-state index contributed by atoms with van der Waals surface area (Å²) < 4.78 is 31.0. The number of aromatic nitrogens is 1. The highest BCUT2D eigenvalue weighted by molar-refractivity contribution is 7.92. The molecule has 0 aliphatic heterocycles. The second kappa shape index (κ2) is 12.9. The Balaban J connectivity index is 1.44. The van der Waals surface area contributed by atoms with Crippen molar-refractivity contribution in [3.8, 4) is 5.69 Å². The van der Waals surface area contributed by atoms with Crippen LogP contribution in [0.4, 0.5) is 5.69 Å². The third kappa shape index (κ3) is 6.51. The van der Waals surface area contributed by atoms with Crippen LogP contribution in [0.25, 0.3) is 5.69 Å². The van der Waals surface area contributed by atoms with Crippen LogP contribution in [-0.4, -0.2) is 25.1 Å². The summed E-state index contributed by atoms with van der Waals surface area (Å²) in [5.74, 6) is -0.550. The van der Waals surface area contributed by atoms with Crippen molar-refractivity contribution >= 4 is 51.0 Å². The zero-order valence-electron chi connectivity index (χ0n) is 23.4. The number of hydrazone groups is 1. The Kier molecular flexibility index (Phi) is 9.01. The van der Waals surface area contributed by atoms with E-state index in [2.05, 4.69) is 10.5 Å². The van der Waals surface area contributed by atoms with Gasteiger partial charge in [-0.25, -0.2) is 13.8 Å².